The summed E-state index contributed by atoms with van der Waals surface area (Å²) in [7, 11) is 0. The number of nitriles is 1. The minimum absolute atomic E-state index is 0.0125. The second-order valence-corrected chi connectivity index (χ2v) is 7.22. The molecule has 2 atom stereocenters. The number of thiophene rings is 1. The Bertz CT molecular complexity index is 587. The van der Waals surface area contributed by atoms with Gasteiger partial charge in [-0.25, -0.2) is 0 Å². The molecule has 2 N–H and O–H groups in total. The van der Waals surface area contributed by atoms with Crippen molar-refractivity contribution in [2.75, 3.05) is 18.4 Å². The summed E-state index contributed by atoms with van der Waals surface area (Å²) in [6.07, 6.45) is 5.60. The number of aryl methyl sites for hydroxylation is 1. The number of anilines is 1. The minimum atomic E-state index is 0.0125. The third kappa shape index (κ3) is 2.83. The number of nitrogens with zero attached hydrogens (tertiary/aromatic N) is 1. The molecule has 4 nitrogen and oxygen atoms in total. The molecule has 0 spiro atoms. The van der Waals surface area contributed by atoms with Crippen molar-refractivity contribution >= 4 is 22.2 Å². The summed E-state index contributed by atoms with van der Waals surface area (Å²) in [4.78, 5) is 13.7. The quantitative estimate of drug-likeness (QED) is 0.826. The van der Waals surface area contributed by atoms with Crippen LogP contribution in [-0.2, 0) is 17.6 Å². The van der Waals surface area contributed by atoms with E-state index in [0.717, 1.165) is 37.4 Å². The fraction of sp³-hybridized carbons (Fsp3) is 0.625. The molecular weight excluding hydrogens is 282 g/mol. The number of rotatable bonds is 2. The van der Waals surface area contributed by atoms with Crippen LogP contribution in [0.5, 0.6) is 0 Å². The molecule has 1 saturated heterocycles. The number of carbonyl (C=O) groups is 1. The highest BCUT2D eigenvalue weighted by atomic mass is 32.1. The van der Waals surface area contributed by atoms with Crippen molar-refractivity contribution in [1.82, 2.24) is 5.32 Å². The zero-order chi connectivity index (χ0) is 14.8. The van der Waals surface area contributed by atoms with Crippen molar-refractivity contribution in [2.45, 2.75) is 39.0 Å². The normalized spacial score (nSPS) is 25.0. The topological polar surface area (TPSA) is 64.9 Å². The van der Waals surface area contributed by atoms with Crippen molar-refractivity contribution < 1.29 is 4.79 Å². The summed E-state index contributed by atoms with van der Waals surface area (Å²) in [5.41, 5.74) is 1.90. The van der Waals surface area contributed by atoms with Gasteiger partial charge in [-0.15, -0.1) is 11.3 Å². The van der Waals surface area contributed by atoms with E-state index in [2.05, 4.69) is 23.6 Å². The van der Waals surface area contributed by atoms with E-state index in [9.17, 15) is 10.1 Å². The zero-order valence-electron chi connectivity index (χ0n) is 12.4. The predicted octanol–water partition coefficient (Wildman–Crippen LogP) is 2.68. The van der Waals surface area contributed by atoms with E-state index in [1.54, 1.807) is 11.3 Å². The van der Waals surface area contributed by atoms with Crippen LogP contribution >= 0.6 is 11.3 Å². The largest absolute Gasteiger partial charge is 0.316 e. The highest BCUT2D eigenvalue weighted by molar-refractivity contribution is 7.16. The molecule has 21 heavy (non-hydrogen) atoms. The van der Waals surface area contributed by atoms with Gasteiger partial charge in [0, 0.05) is 11.4 Å². The fourth-order valence-corrected chi connectivity index (χ4v) is 4.56. The third-order valence-electron chi connectivity index (χ3n) is 4.62. The Labute approximate surface area is 129 Å². The first-order valence-electron chi connectivity index (χ1n) is 7.77. The predicted molar refractivity (Wildman–Crippen MR) is 84.4 cm³/mol. The smallest absolute Gasteiger partial charge is 0.229 e. The van der Waals surface area contributed by atoms with E-state index in [0.29, 0.717) is 11.5 Å². The number of nitrogens with one attached hydrogen (secondary N) is 2. The van der Waals surface area contributed by atoms with E-state index in [-0.39, 0.29) is 11.8 Å². The number of amides is 1. The van der Waals surface area contributed by atoms with Gasteiger partial charge in [-0.2, -0.15) is 5.26 Å². The Balaban J connectivity index is 1.82. The Morgan fingerprint density at radius 1 is 1.33 bits per heavy atom. The highest BCUT2D eigenvalue weighted by Crippen LogP contribution is 2.37. The molecule has 0 bridgehead atoms. The highest BCUT2D eigenvalue weighted by Gasteiger charge is 2.31. The van der Waals surface area contributed by atoms with Gasteiger partial charge in [0.25, 0.3) is 0 Å². The average Bonchev–Trinajstić information content (AvgIpc) is 2.95. The van der Waals surface area contributed by atoms with Gasteiger partial charge < -0.3 is 10.6 Å². The minimum Gasteiger partial charge on any atom is -0.316 e. The van der Waals surface area contributed by atoms with Crippen LogP contribution in [-0.4, -0.2) is 19.0 Å². The SMILES string of the molecule is CC1CNCC1C(=O)Nc1sc2c(c1C#N)CCCCC2. The summed E-state index contributed by atoms with van der Waals surface area (Å²) in [6, 6.07) is 2.32. The van der Waals surface area contributed by atoms with E-state index < -0.39 is 0 Å². The van der Waals surface area contributed by atoms with E-state index >= 15 is 0 Å². The second kappa shape index (κ2) is 6.17. The summed E-state index contributed by atoms with van der Waals surface area (Å²) in [5, 5.41) is 16.5. The monoisotopic (exact) mass is 303 g/mol. The zero-order valence-corrected chi connectivity index (χ0v) is 13.2. The maximum atomic E-state index is 12.4. The Kier molecular flexibility index (Phi) is 4.27. The molecule has 1 amide bonds. The van der Waals surface area contributed by atoms with Crippen molar-refractivity contribution in [1.29, 1.82) is 5.26 Å². The molecule has 2 unspecified atom stereocenters. The average molecular weight is 303 g/mol. The lowest BCUT2D eigenvalue weighted by Crippen LogP contribution is -2.27. The molecule has 0 aromatic carbocycles. The first-order chi connectivity index (χ1) is 10.2. The van der Waals surface area contributed by atoms with Crippen LogP contribution < -0.4 is 10.6 Å². The van der Waals surface area contributed by atoms with Crippen molar-refractivity contribution in [2.24, 2.45) is 11.8 Å². The maximum absolute atomic E-state index is 12.4. The van der Waals surface area contributed by atoms with Crippen molar-refractivity contribution in [3.8, 4) is 6.07 Å². The van der Waals surface area contributed by atoms with Crippen LogP contribution in [0.25, 0.3) is 0 Å². The number of fused-ring (bicyclic) bond motifs is 1. The molecule has 5 heteroatoms. The van der Waals surface area contributed by atoms with Gasteiger partial charge in [-0.05, 0) is 43.7 Å². The summed E-state index contributed by atoms with van der Waals surface area (Å²) in [5.74, 6) is 0.423. The van der Waals surface area contributed by atoms with Gasteiger partial charge in [0.1, 0.15) is 11.1 Å². The van der Waals surface area contributed by atoms with Crippen LogP contribution in [0, 0.1) is 23.2 Å². The summed E-state index contributed by atoms with van der Waals surface area (Å²) < 4.78 is 0. The molecule has 0 radical (unpaired) electrons. The lowest BCUT2D eigenvalue weighted by atomic mass is 9.97. The van der Waals surface area contributed by atoms with Crippen LogP contribution in [0.2, 0.25) is 0 Å². The Morgan fingerprint density at radius 3 is 2.86 bits per heavy atom. The van der Waals surface area contributed by atoms with E-state index in [1.165, 1.54) is 23.3 Å². The molecule has 1 aromatic rings. The lowest BCUT2D eigenvalue weighted by Gasteiger charge is -2.13. The summed E-state index contributed by atoms with van der Waals surface area (Å²) >= 11 is 1.61. The number of hydrogen-bond donors (Lipinski definition) is 2. The number of hydrogen-bond acceptors (Lipinski definition) is 4. The van der Waals surface area contributed by atoms with Gasteiger partial charge in [-0.3, -0.25) is 4.79 Å². The molecular formula is C16H21N3OS. The molecule has 1 aliphatic heterocycles. The van der Waals surface area contributed by atoms with Gasteiger partial charge in [0.05, 0.1) is 11.5 Å². The van der Waals surface area contributed by atoms with Crippen LogP contribution in [0.15, 0.2) is 0 Å². The summed E-state index contributed by atoms with van der Waals surface area (Å²) in [6.45, 7) is 3.73. The van der Waals surface area contributed by atoms with Crippen molar-refractivity contribution in [3.05, 3.63) is 16.0 Å². The molecule has 2 heterocycles. The molecule has 1 fully saturated rings. The molecule has 0 saturated carbocycles. The molecule has 3 rings (SSSR count). The van der Waals surface area contributed by atoms with Gasteiger partial charge in [-0.1, -0.05) is 13.3 Å². The van der Waals surface area contributed by atoms with Crippen LogP contribution in [0.1, 0.15) is 42.2 Å². The lowest BCUT2D eigenvalue weighted by molar-refractivity contribution is -0.120. The number of carbonyl (C=O) groups excluding carboxylic acids is 1. The molecule has 1 aromatic heterocycles. The molecule has 112 valence electrons. The third-order valence-corrected chi connectivity index (χ3v) is 5.83. The van der Waals surface area contributed by atoms with Gasteiger partial charge >= 0.3 is 0 Å². The van der Waals surface area contributed by atoms with E-state index in [1.807, 2.05) is 0 Å². The Morgan fingerprint density at radius 2 is 2.14 bits per heavy atom. The first kappa shape index (κ1) is 14.6. The van der Waals surface area contributed by atoms with Gasteiger partial charge in [0.15, 0.2) is 0 Å². The molecule has 2 aliphatic rings. The van der Waals surface area contributed by atoms with Crippen LogP contribution in [0.4, 0.5) is 5.00 Å². The fourth-order valence-electron chi connectivity index (χ4n) is 3.31. The standard InChI is InChI=1S/C16H21N3OS/c1-10-8-18-9-13(10)15(20)19-16-12(7-17)11-5-3-2-4-6-14(11)21-16/h10,13,18H,2-6,8-9H2,1H3,(H,19,20). The maximum Gasteiger partial charge on any atom is 0.229 e. The second-order valence-electron chi connectivity index (χ2n) is 6.11. The van der Waals surface area contributed by atoms with Crippen LogP contribution in [0.3, 0.4) is 0 Å². The van der Waals surface area contributed by atoms with E-state index in [4.69, 9.17) is 0 Å². The molecule has 1 aliphatic carbocycles. The first-order valence-corrected chi connectivity index (χ1v) is 8.58. The Hall–Kier alpha value is -1.38. The van der Waals surface area contributed by atoms with Crippen molar-refractivity contribution in [3.63, 3.8) is 0 Å². The van der Waals surface area contributed by atoms with Gasteiger partial charge in [0.2, 0.25) is 5.91 Å².